The lowest BCUT2D eigenvalue weighted by Crippen LogP contribution is -2.50. The molecule has 8 heteroatoms. The summed E-state index contributed by atoms with van der Waals surface area (Å²) in [5.74, 6) is 0.735. The lowest BCUT2D eigenvalue weighted by Gasteiger charge is -2.37. The molecule has 0 spiro atoms. The van der Waals surface area contributed by atoms with Gasteiger partial charge < -0.3 is 28.6 Å². The van der Waals surface area contributed by atoms with Gasteiger partial charge in [0, 0.05) is 38.8 Å². The van der Waals surface area contributed by atoms with Crippen molar-refractivity contribution in [3.05, 3.63) is 0 Å². The summed E-state index contributed by atoms with van der Waals surface area (Å²) in [6, 6.07) is 0.545. The van der Waals surface area contributed by atoms with Crippen LogP contribution in [0.5, 0.6) is 0 Å². The number of nitrogens with zero attached hydrogens (tertiary/aromatic N) is 2. The van der Waals surface area contributed by atoms with Crippen LogP contribution in [0.2, 0.25) is 0 Å². The van der Waals surface area contributed by atoms with E-state index in [1.54, 1.807) is 0 Å². The highest BCUT2D eigenvalue weighted by molar-refractivity contribution is 5.76. The average molecular weight is 433 g/mol. The molecule has 1 aliphatic rings. The van der Waals surface area contributed by atoms with E-state index in [1.807, 2.05) is 4.90 Å². The molecule has 0 aromatic rings. The molecule has 178 valence electrons. The normalized spacial score (nSPS) is 15.5. The van der Waals surface area contributed by atoms with Crippen molar-refractivity contribution in [1.29, 1.82) is 0 Å². The molecule has 1 aliphatic heterocycles. The minimum absolute atomic E-state index is 0.182. The molecule has 30 heavy (non-hydrogen) atoms. The molecule has 1 fully saturated rings. The van der Waals surface area contributed by atoms with E-state index >= 15 is 0 Å². The molecule has 0 saturated carbocycles. The Hall–Kier alpha value is -0.770. The van der Waals surface area contributed by atoms with Gasteiger partial charge in [0.1, 0.15) is 0 Å². The van der Waals surface area contributed by atoms with Crippen LogP contribution in [-0.4, -0.2) is 114 Å². The number of hydrogen-bond donors (Lipinski definition) is 0. The van der Waals surface area contributed by atoms with Crippen molar-refractivity contribution in [3.63, 3.8) is 0 Å². The highest BCUT2D eigenvalue weighted by Gasteiger charge is 2.21. The number of rotatable bonds is 18. The molecular formula is C22H44N2O6. The molecule has 1 saturated heterocycles. The van der Waals surface area contributed by atoms with Crippen LogP contribution >= 0.6 is 0 Å². The van der Waals surface area contributed by atoms with E-state index in [1.165, 1.54) is 0 Å². The van der Waals surface area contributed by atoms with E-state index < -0.39 is 0 Å². The number of ether oxygens (including phenoxy) is 5. The molecule has 0 bridgehead atoms. The summed E-state index contributed by atoms with van der Waals surface area (Å²) < 4.78 is 27.3. The maximum atomic E-state index is 12.2. The van der Waals surface area contributed by atoms with Gasteiger partial charge in [-0.3, -0.25) is 9.69 Å². The first-order valence-corrected chi connectivity index (χ1v) is 11.4. The van der Waals surface area contributed by atoms with Gasteiger partial charge in [-0.1, -0.05) is 13.8 Å². The predicted molar refractivity (Wildman–Crippen MR) is 117 cm³/mol. The number of amides is 1. The first kappa shape index (κ1) is 27.3. The van der Waals surface area contributed by atoms with Crippen LogP contribution in [0, 0.1) is 5.92 Å². The van der Waals surface area contributed by atoms with Crippen molar-refractivity contribution in [2.45, 2.75) is 40.2 Å². The Morgan fingerprint density at radius 2 is 1.10 bits per heavy atom. The van der Waals surface area contributed by atoms with Crippen molar-refractivity contribution < 1.29 is 28.5 Å². The third kappa shape index (κ3) is 14.3. The average Bonchev–Trinajstić information content (AvgIpc) is 2.73. The van der Waals surface area contributed by atoms with Crippen LogP contribution in [0.3, 0.4) is 0 Å². The third-order valence-electron chi connectivity index (χ3n) is 4.80. The highest BCUT2D eigenvalue weighted by atomic mass is 16.6. The fraction of sp³-hybridized carbons (Fsp3) is 0.955. The van der Waals surface area contributed by atoms with Gasteiger partial charge in [0.2, 0.25) is 5.91 Å². The van der Waals surface area contributed by atoms with Gasteiger partial charge in [0.05, 0.1) is 65.9 Å². The zero-order valence-electron chi connectivity index (χ0n) is 19.6. The van der Waals surface area contributed by atoms with Crippen molar-refractivity contribution in [2.24, 2.45) is 5.92 Å². The summed E-state index contributed by atoms with van der Waals surface area (Å²) in [6.07, 6.45) is 0.438. The summed E-state index contributed by atoms with van der Waals surface area (Å²) >= 11 is 0. The quantitative estimate of drug-likeness (QED) is 0.305. The Kier molecular flexibility index (Phi) is 16.2. The zero-order chi connectivity index (χ0) is 22.0. The largest absolute Gasteiger partial charge is 0.379 e. The predicted octanol–water partition coefficient (Wildman–Crippen LogP) is 1.67. The molecule has 0 unspecified atom stereocenters. The number of carbonyl (C=O) groups excluding carboxylic acids is 1. The third-order valence-corrected chi connectivity index (χ3v) is 4.80. The topological polar surface area (TPSA) is 69.7 Å². The van der Waals surface area contributed by atoms with Crippen LogP contribution in [0.15, 0.2) is 0 Å². The lowest BCUT2D eigenvalue weighted by atomic mass is 10.2. The van der Waals surface area contributed by atoms with Gasteiger partial charge in [-0.15, -0.1) is 0 Å². The molecule has 1 rings (SSSR count). The number of piperazine rings is 1. The molecule has 0 N–H and O–H groups in total. The van der Waals surface area contributed by atoms with Crippen LogP contribution < -0.4 is 0 Å². The van der Waals surface area contributed by atoms with Crippen molar-refractivity contribution >= 4 is 5.91 Å². The van der Waals surface area contributed by atoms with Gasteiger partial charge in [-0.25, -0.2) is 0 Å². The van der Waals surface area contributed by atoms with E-state index in [0.29, 0.717) is 77.8 Å². The van der Waals surface area contributed by atoms with Crippen molar-refractivity contribution in [1.82, 2.24) is 9.80 Å². The summed E-state index contributed by atoms with van der Waals surface area (Å²) in [5.41, 5.74) is 0. The van der Waals surface area contributed by atoms with Gasteiger partial charge in [-0.05, 0) is 19.8 Å². The fourth-order valence-corrected chi connectivity index (χ4v) is 3.00. The molecule has 0 aliphatic carbocycles. The van der Waals surface area contributed by atoms with Crippen molar-refractivity contribution in [2.75, 3.05) is 92.2 Å². The zero-order valence-corrected chi connectivity index (χ0v) is 19.6. The fourth-order valence-electron chi connectivity index (χ4n) is 3.00. The second kappa shape index (κ2) is 17.9. The first-order chi connectivity index (χ1) is 14.5. The van der Waals surface area contributed by atoms with E-state index in [0.717, 1.165) is 32.8 Å². The van der Waals surface area contributed by atoms with Gasteiger partial charge in [0.25, 0.3) is 0 Å². The standard InChI is InChI=1S/C22H44N2O6/c1-20(2)19-30-18-17-29-16-15-28-14-13-27-12-11-26-10-5-22(25)24-8-6-23(7-9-24)21(3)4/h20-21H,5-19H2,1-4H3. The summed E-state index contributed by atoms with van der Waals surface area (Å²) in [7, 11) is 0. The second-order valence-corrected chi connectivity index (χ2v) is 8.18. The SMILES string of the molecule is CC(C)COCCOCCOCCOCCOCCC(=O)N1CCN(C(C)C)CC1. The maximum absolute atomic E-state index is 12.2. The van der Waals surface area contributed by atoms with E-state index in [9.17, 15) is 4.79 Å². The summed E-state index contributed by atoms with van der Waals surface area (Å²) in [5, 5.41) is 0. The Bertz CT molecular complexity index is 414. The lowest BCUT2D eigenvalue weighted by molar-refractivity contribution is -0.134. The van der Waals surface area contributed by atoms with Gasteiger partial charge in [0.15, 0.2) is 0 Å². The Labute approximate surface area is 183 Å². The van der Waals surface area contributed by atoms with Crippen molar-refractivity contribution in [3.8, 4) is 0 Å². The Morgan fingerprint density at radius 3 is 1.53 bits per heavy atom. The number of carbonyl (C=O) groups is 1. The molecule has 1 amide bonds. The molecule has 1 heterocycles. The molecule has 0 aromatic heterocycles. The highest BCUT2D eigenvalue weighted by Crippen LogP contribution is 2.07. The second-order valence-electron chi connectivity index (χ2n) is 8.18. The van der Waals surface area contributed by atoms with E-state index in [2.05, 4.69) is 32.6 Å². The first-order valence-electron chi connectivity index (χ1n) is 11.4. The van der Waals surface area contributed by atoms with E-state index in [4.69, 9.17) is 23.7 Å². The Balaban J connectivity index is 1.79. The van der Waals surface area contributed by atoms with Crippen LogP contribution in [0.4, 0.5) is 0 Å². The maximum Gasteiger partial charge on any atom is 0.224 e. The molecule has 0 aromatic carbocycles. The molecule has 0 radical (unpaired) electrons. The smallest absolute Gasteiger partial charge is 0.224 e. The summed E-state index contributed by atoms with van der Waals surface area (Å²) in [6.45, 7) is 17.8. The Morgan fingerprint density at radius 1 is 0.667 bits per heavy atom. The summed E-state index contributed by atoms with van der Waals surface area (Å²) in [4.78, 5) is 16.5. The number of hydrogen-bond acceptors (Lipinski definition) is 7. The van der Waals surface area contributed by atoms with Gasteiger partial charge in [-0.2, -0.15) is 0 Å². The van der Waals surface area contributed by atoms with E-state index in [-0.39, 0.29) is 5.91 Å². The monoisotopic (exact) mass is 432 g/mol. The van der Waals surface area contributed by atoms with Crippen LogP contribution in [0.25, 0.3) is 0 Å². The van der Waals surface area contributed by atoms with Crippen LogP contribution in [0.1, 0.15) is 34.1 Å². The minimum atomic E-state index is 0.182. The molecule has 0 atom stereocenters. The minimum Gasteiger partial charge on any atom is -0.379 e. The molecule has 8 nitrogen and oxygen atoms in total. The van der Waals surface area contributed by atoms with Gasteiger partial charge >= 0.3 is 0 Å². The van der Waals surface area contributed by atoms with Crippen LogP contribution in [-0.2, 0) is 28.5 Å². The molecular weight excluding hydrogens is 388 g/mol.